The Morgan fingerprint density at radius 2 is 1.90 bits per heavy atom. The molecule has 0 atom stereocenters. The molecule has 0 aromatic heterocycles. The molecule has 1 heterocycles. The van der Waals surface area contributed by atoms with E-state index in [1.165, 1.54) is 27.8 Å². The molecule has 0 unspecified atom stereocenters. The molecule has 2 aromatic carbocycles. The fourth-order valence-corrected chi connectivity index (χ4v) is 3.12. The first-order valence-corrected chi connectivity index (χ1v) is 7.87. The Labute approximate surface area is 126 Å². The molecule has 2 heteroatoms. The Hall–Kier alpha value is -1.80. The molecule has 3 rings (SSSR count). The summed E-state index contributed by atoms with van der Waals surface area (Å²) in [5.74, 6) is 1.02. The quantitative estimate of drug-likeness (QED) is 0.923. The normalized spacial score (nSPS) is 13.1. The van der Waals surface area contributed by atoms with Crippen LogP contribution < -0.4 is 10.5 Å². The lowest BCUT2D eigenvalue weighted by molar-refractivity contribution is 0.353. The molecule has 2 aromatic rings. The summed E-state index contributed by atoms with van der Waals surface area (Å²) in [4.78, 5) is 0. The summed E-state index contributed by atoms with van der Waals surface area (Å²) in [6.07, 6.45) is 3.10. The minimum Gasteiger partial charge on any atom is -0.493 e. The first-order chi connectivity index (χ1) is 10.3. The van der Waals surface area contributed by atoms with Gasteiger partial charge in [0.15, 0.2) is 0 Å². The highest BCUT2D eigenvalue weighted by molar-refractivity contribution is 5.72. The van der Waals surface area contributed by atoms with Gasteiger partial charge in [0.1, 0.15) is 5.75 Å². The zero-order chi connectivity index (χ0) is 14.8. The van der Waals surface area contributed by atoms with Crippen LogP contribution in [-0.4, -0.2) is 6.61 Å². The van der Waals surface area contributed by atoms with Gasteiger partial charge in [-0.25, -0.2) is 0 Å². The summed E-state index contributed by atoms with van der Waals surface area (Å²) in [6.45, 7) is 5.73. The van der Waals surface area contributed by atoms with Crippen LogP contribution in [0.3, 0.4) is 0 Å². The molecule has 0 saturated heterocycles. The molecular formula is C19H23NO. The van der Waals surface area contributed by atoms with Crippen LogP contribution in [0, 0.1) is 0 Å². The fourth-order valence-electron chi connectivity index (χ4n) is 3.12. The van der Waals surface area contributed by atoms with Gasteiger partial charge in [-0.1, -0.05) is 32.0 Å². The zero-order valence-electron chi connectivity index (χ0n) is 12.9. The molecule has 0 aliphatic carbocycles. The second-order valence-electron chi connectivity index (χ2n) is 5.62. The van der Waals surface area contributed by atoms with Gasteiger partial charge in [-0.15, -0.1) is 0 Å². The molecule has 0 bridgehead atoms. The molecule has 0 amide bonds. The fraction of sp³-hybridized carbons (Fsp3) is 0.368. The van der Waals surface area contributed by atoms with Crippen molar-refractivity contribution >= 4 is 0 Å². The van der Waals surface area contributed by atoms with Crippen molar-refractivity contribution in [1.82, 2.24) is 0 Å². The predicted molar refractivity (Wildman–Crippen MR) is 87.7 cm³/mol. The van der Waals surface area contributed by atoms with Gasteiger partial charge in [-0.2, -0.15) is 0 Å². The van der Waals surface area contributed by atoms with E-state index in [0.29, 0.717) is 6.54 Å². The van der Waals surface area contributed by atoms with Crippen LogP contribution in [0.4, 0.5) is 0 Å². The van der Waals surface area contributed by atoms with E-state index >= 15 is 0 Å². The zero-order valence-corrected chi connectivity index (χ0v) is 12.9. The summed E-state index contributed by atoms with van der Waals surface area (Å²) >= 11 is 0. The highest BCUT2D eigenvalue weighted by Gasteiger charge is 2.18. The van der Waals surface area contributed by atoms with Crippen LogP contribution in [-0.2, 0) is 25.8 Å². The van der Waals surface area contributed by atoms with Crippen molar-refractivity contribution in [2.45, 2.75) is 39.7 Å². The highest BCUT2D eigenvalue weighted by atomic mass is 16.5. The SMILES string of the molecule is CCc1ccc(CC)c(-c2cc(CN)c3c(c2)CCO3)c1. The maximum Gasteiger partial charge on any atom is 0.127 e. The number of fused-ring (bicyclic) bond motifs is 1. The topological polar surface area (TPSA) is 35.2 Å². The molecule has 0 saturated carbocycles. The molecule has 0 radical (unpaired) electrons. The van der Waals surface area contributed by atoms with E-state index in [-0.39, 0.29) is 0 Å². The standard InChI is InChI=1S/C19H23NO/c1-3-13-5-6-14(4-2)18(9-13)16-10-15-7-8-21-19(15)17(11-16)12-20/h5-6,9-11H,3-4,7-8,12,20H2,1-2H3. The first kappa shape index (κ1) is 14.2. The second-order valence-corrected chi connectivity index (χ2v) is 5.62. The minimum absolute atomic E-state index is 0.533. The Morgan fingerprint density at radius 3 is 2.62 bits per heavy atom. The largest absolute Gasteiger partial charge is 0.493 e. The van der Waals surface area contributed by atoms with Gasteiger partial charge in [0.05, 0.1) is 6.61 Å². The smallest absolute Gasteiger partial charge is 0.127 e. The van der Waals surface area contributed by atoms with Gasteiger partial charge < -0.3 is 10.5 Å². The lowest BCUT2D eigenvalue weighted by Gasteiger charge is -2.14. The second kappa shape index (κ2) is 5.90. The lowest BCUT2D eigenvalue weighted by Crippen LogP contribution is -2.00. The van der Waals surface area contributed by atoms with Crippen molar-refractivity contribution in [3.05, 3.63) is 52.6 Å². The van der Waals surface area contributed by atoms with Crippen LogP contribution in [0.1, 0.15) is 36.1 Å². The number of rotatable bonds is 4. The molecule has 0 spiro atoms. The third kappa shape index (κ3) is 2.56. The summed E-state index contributed by atoms with van der Waals surface area (Å²) in [6, 6.07) is 11.3. The molecule has 2 nitrogen and oxygen atoms in total. The number of hydrogen-bond acceptors (Lipinski definition) is 2. The van der Waals surface area contributed by atoms with Crippen LogP contribution in [0.2, 0.25) is 0 Å². The summed E-state index contributed by atoms with van der Waals surface area (Å²) < 4.78 is 5.73. The number of aryl methyl sites for hydroxylation is 2. The van der Waals surface area contributed by atoms with E-state index in [1.54, 1.807) is 0 Å². The van der Waals surface area contributed by atoms with Gasteiger partial charge in [0.2, 0.25) is 0 Å². The average molecular weight is 281 g/mol. The predicted octanol–water partition coefficient (Wildman–Crippen LogP) is 3.87. The number of ether oxygens (including phenoxy) is 1. The molecule has 1 aliphatic rings. The number of nitrogens with two attached hydrogens (primary N) is 1. The number of hydrogen-bond donors (Lipinski definition) is 1. The van der Waals surface area contributed by atoms with E-state index in [2.05, 4.69) is 44.2 Å². The van der Waals surface area contributed by atoms with Crippen molar-refractivity contribution in [3.63, 3.8) is 0 Å². The molecular weight excluding hydrogens is 258 g/mol. The van der Waals surface area contributed by atoms with Crippen molar-refractivity contribution in [2.75, 3.05) is 6.61 Å². The maximum absolute atomic E-state index is 5.92. The monoisotopic (exact) mass is 281 g/mol. The number of benzene rings is 2. The van der Waals surface area contributed by atoms with E-state index in [0.717, 1.165) is 37.2 Å². The van der Waals surface area contributed by atoms with Gasteiger partial charge in [0, 0.05) is 18.5 Å². The first-order valence-electron chi connectivity index (χ1n) is 7.87. The van der Waals surface area contributed by atoms with Crippen LogP contribution in [0.25, 0.3) is 11.1 Å². The van der Waals surface area contributed by atoms with Crippen molar-refractivity contribution in [3.8, 4) is 16.9 Å². The molecule has 1 aliphatic heterocycles. The van der Waals surface area contributed by atoms with E-state index in [1.807, 2.05) is 0 Å². The Balaban J connectivity index is 2.16. The van der Waals surface area contributed by atoms with E-state index < -0.39 is 0 Å². The Kier molecular flexibility index (Phi) is 3.98. The van der Waals surface area contributed by atoms with Gasteiger partial charge >= 0.3 is 0 Å². The molecule has 110 valence electrons. The third-order valence-corrected chi connectivity index (χ3v) is 4.35. The summed E-state index contributed by atoms with van der Waals surface area (Å²) in [7, 11) is 0. The van der Waals surface area contributed by atoms with Crippen LogP contribution in [0.15, 0.2) is 30.3 Å². The van der Waals surface area contributed by atoms with Crippen molar-refractivity contribution < 1.29 is 4.74 Å². The maximum atomic E-state index is 5.92. The van der Waals surface area contributed by atoms with Crippen LogP contribution >= 0.6 is 0 Å². The molecule has 0 fully saturated rings. The Bertz CT molecular complexity index is 661. The van der Waals surface area contributed by atoms with E-state index in [4.69, 9.17) is 10.5 Å². The highest BCUT2D eigenvalue weighted by Crippen LogP contribution is 2.36. The van der Waals surface area contributed by atoms with Crippen LogP contribution in [0.5, 0.6) is 5.75 Å². The van der Waals surface area contributed by atoms with E-state index in [9.17, 15) is 0 Å². The van der Waals surface area contributed by atoms with Crippen molar-refractivity contribution in [2.24, 2.45) is 5.73 Å². The van der Waals surface area contributed by atoms with Gasteiger partial charge in [0.25, 0.3) is 0 Å². The van der Waals surface area contributed by atoms with Gasteiger partial charge in [-0.3, -0.25) is 0 Å². The molecule has 21 heavy (non-hydrogen) atoms. The molecule has 2 N–H and O–H groups in total. The summed E-state index contributed by atoms with van der Waals surface area (Å²) in [5.41, 5.74) is 13.8. The third-order valence-electron chi connectivity index (χ3n) is 4.35. The minimum atomic E-state index is 0.533. The average Bonchev–Trinajstić information content (AvgIpc) is 3.01. The lowest BCUT2D eigenvalue weighted by atomic mass is 9.92. The Morgan fingerprint density at radius 1 is 1.05 bits per heavy atom. The summed E-state index contributed by atoms with van der Waals surface area (Å²) in [5, 5.41) is 0. The van der Waals surface area contributed by atoms with Gasteiger partial charge in [-0.05, 0) is 52.8 Å². The van der Waals surface area contributed by atoms with Crippen molar-refractivity contribution in [1.29, 1.82) is 0 Å².